The number of nitrogens with one attached hydrogen (secondary N) is 3. The lowest BCUT2D eigenvalue weighted by molar-refractivity contribution is -0.126. The highest BCUT2D eigenvalue weighted by molar-refractivity contribution is 5.94. The Hall–Kier alpha value is -3.15. The smallest absolute Gasteiger partial charge is 0.239 e. The van der Waals surface area contributed by atoms with Crippen molar-refractivity contribution in [3.63, 3.8) is 0 Å². The highest BCUT2D eigenvalue weighted by Crippen LogP contribution is 2.30. The number of hydrogen-bond donors (Lipinski definition) is 3. The van der Waals surface area contributed by atoms with Gasteiger partial charge in [0.15, 0.2) is 0 Å². The lowest BCUT2D eigenvalue weighted by Gasteiger charge is -2.15. The van der Waals surface area contributed by atoms with Crippen molar-refractivity contribution in [2.45, 2.75) is 32.2 Å². The summed E-state index contributed by atoms with van der Waals surface area (Å²) in [5, 5.41) is 8.39. The molecule has 3 N–H and O–H groups in total. The van der Waals surface area contributed by atoms with Gasteiger partial charge in [-0.2, -0.15) is 0 Å². The van der Waals surface area contributed by atoms with E-state index in [9.17, 15) is 14.4 Å². The first-order valence-electron chi connectivity index (χ1n) is 9.52. The second kappa shape index (κ2) is 9.17. The third-order valence-electron chi connectivity index (χ3n) is 4.66. The lowest BCUT2D eigenvalue weighted by Crippen LogP contribution is -2.38. The van der Waals surface area contributed by atoms with Gasteiger partial charge in [0.1, 0.15) is 0 Å². The number of amides is 3. The van der Waals surface area contributed by atoms with Crippen molar-refractivity contribution < 1.29 is 14.4 Å². The molecule has 0 radical (unpaired) electrons. The van der Waals surface area contributed by atoms with E-state index >= 15 is 0 Å². The van der Waals surface area contributed by atoms with Crippen molar-refractivity contribution in [3.8, 4) is 0 Å². The fraction of sp³-hybridized carbons (Fsp3) is 0.318. The van der Waals surface area contributed by atoms with E-state index in [0.29, 0.717) is 0 Å². The summed E-state index contributed by atoms with van der Waals surface area (Å²) in [5.41, 5.74) is 2.59. The number of anilines is 1. The van der Waals surface area contributed by atoms with Gasteiger partial charge in [0, 0.05) is 11.6 Å². The van der Waals surface area contributed by atoms with Crippen LogP contribution in [0.5, 0.6) is 0 Å². The second-order valence-corrected chi connectivity index (χ2v) is 7.11. The van der Waals surface area contributed by atoms with Crippen LogP contribution in [0.15, 0.2) is 54.6 Å². The molecule has 2 aromatic carbocycles. The van der Waals surface area contributed by atoms with Crippen molar-refractivity contribution in [2.75, 3.05) is 11.9 Å². The fourth-order valence-electron chi connectivity index (χ4n) is 2.84. The maximum Gasteiger partial charge on any atom is 0.239 e. The van der Waals surface area contributed by atoms with Crippen molar-refractivity contribution >= 4 is 23.4 Å². The van der Waals surface area contributed by atoms with Crippen LogP contribution in [0, 0.1) is 5.92 Å². The summed E-state index contributed by atoms with van der Waals surface area (Å²) >= 11 is 0. The zero-order valence-corrected chi connectivity index (χ0v) is 15.9. The minimum atomic E-state index is -0.250. The molecule has 1 fully saturated rings. The summed E-state index contributed by atoms with van der Waals surface area (Å²) in [6.07, 6.45) is 2.18. The average molecular weight is 379 g/mol. The van der Waals surface area contributed by atoms with Gasteiger partial charge in [-0.15, -0.1) is 0 Å². The zero-order chi connectivity index (χ0) is 19.9. The van der Waals surface area contributed by atoms with Crippen LogP contribution < -0.4 is 16.0 Å². The molecular weight excluding hydrogens is 354 g/mol. The van der Waals surface area contributed by atoms with Crippen LogP contribution in [0.25, 0.3) is 0 Å². The third kappa shape index (κ3) is 5.94. The van der Waals surface area contributed by atoms with Crippen molar-refractivity contribution in [1.82, 2.24) is 10.6 Å². The van der Waals surface area contributed by atoms with Gasteiger partial charge >= 0.3 is 0 Å². The van der Waals surface area contributed by atoms with E-state index < -0.39 is 0 Å². The largest absolute Gasteiger partial charge is 0.348 e. The Kier molecular flexibility index (Phi) is 6.42. The molecule has 1 aliphatic rings. The van der Waals surface area contributed by atoms with E-state index in [0.717, 1.165) is 29.7 Å². The van der Waals surface area contributed by atoms with E-state index in [4.69, 9.17) is 0 Å². The Morgan fingerprint density at radius 3 is 2.29 bits per heavy atom. The summed E-state index contributed by atoms with van der Waals surface area (Å²) in [7, 11) is 0. The molecule has 146 valence electrons. The Balaban J connectivity index is 1.41. The molecule has 6 nitrogen and oxygen atoms in total. The molecule has 1 aliphatic carbocycles. The molecule has 0 aromatic heterocycles. The maximum absolute atomic E-state index is 12.1. The molecule has 1 unspecified atom stereocenters. The molecule has 0 saturated heterocycles. The van der Waals surface area contributed by atoms with Crippen molar-refractivity contribution in [1.29, 1.82) is 0 Å². The molecular formula is C22H25N3O3. The first-order valence-corrected chi connectivity index (χ1v) is 9.52. The maximum atomic E-state index is 12.1. The summed E-state index contributed by atoms with van der Waals surface area (Å²) in [5.74, 6) is -0.208. The van der Waals surface area contributed by atoms with Crippen LogP contribution in [-0.4, -0.2) is 24.3 Å². The summed E-state index contributed by atoms with van der Waals surface area (Å²) in [6.45, 7) is 1.81. The van der Waals surface area contributed by atoms with Gasteiger partial charge in [0.2, 0.25) is 17.7 Å². The van der Waals surface area contributed by atoms with Crippen LogP contribution in [0.1, 0.15) is 36.9 Å². The van der Waals surface area contributed by atoms with Crippen LogP contribution in [-0.2, 0) is 20.8 Å². The van der Waals surface area contributed by atoms with E-state index in [1.165, 1.54) is 0 Å². The highest BCUT2D eigenvalue weighted by Gasteiger charge is 2.29. The molecule has 0 aliphatic heterocycles. The second-order valence-electron chi connectivity index (χ2n) is 7.11. The van der Waals surface area contributed by atoms with E-state index in [-0.39, 0.29) is 42.6 Å². The Labute approximate surface area is 164 Å². The van der Waals surface area contributed by atoms with Crippen LogP contribution >= 0.6 is 0 Å². The molecule has 0 heterocycles. The lowest BCUT2D eigenvalue weighted by atomic mass is 10.1. The Morgan fingerprint density at radius 2 is 1.64 bits per heavy atom. The van der Waals surface area contributed by atoms with E-state index in [1.807, 2.05) is 61.5 Å². The van der Waals surface area contributed by atoms with Crippen LogP contribution in [0.4, 0.5) is 5.69 Å². The Bertz CT molecular complexity index is 830. The predicted octanol–water partition coefficient (Wildman–Crippen LogP) is 2.57. The summed E-state index contributed by atoms with van der Waals surface area (Å²) in [6, 6.07) is 16.6. The molecule has 1 atom stereocenters. The van der Waals surface area contributed by atoms with Gasteiger partial charge in [-0.25, -0.2) is 0 Å². The molecule has 3 amide bonds. The third-order valence-corrected chi connectivity index (χ3v) is 4.66. The van der Waals surface area contributed by atoms with Crippen LogP contribution in [0.3, 0.4) is 0 Å². The number of carbonyl (C=O) groups is 3. The van der Waals surface area contributed by atoms with Gasteiger partial charge in [-0.1, -0.05) is 42.5 Å². The summed E-state index contributed by atoms with van der Waals surface area (Å²) in [4.78, 5) is 35.8. The summed E-state index contributed by atoms with van der Waals surface area (Å²) < 4.78 is 0. The van der Waals surface area contributed by atoms with Crippen LogP contribution in [0.2, 0.25) is 0 Å². The highest BCUT2D eigenvalue weighted by atomic mass is 16.2. The number of rotatable bonds is 8. The number of benzene rings is 2. The first kappa shape index (κ1) is 19.6. The quantitative estimate of drug-likeness (QED) is 0.659. The number of hydrogen-bond acceptors (Lipinski definition) is 3. The van der Waals surface area contributed by atoms with Gasteiger partial charge < -0.3 is 16.0 Å². The number of carbonyl (C=O) groups excluding carboxylic acids is 3. The van der Waals surface area contributed by atoms with Gasteiger partial charge in [-0.05, 0) is 43.0 Å². The zero-order valence-electron chi connectivity index (χ0n) is 15.9. The molecule has 6 heteroatoms. The van der Waals surface area contributed by atoms with E-state index in [2.05, 4.69) is 16.0 Å². The predicted molar refractivity (Wildman–Crippen MR) is 108 cm³/mol. The molecule has 28 heavy (non-hydrogen) atoms. The monoisotopic (exact) mass is 379 g/mol. The fourth-order valence-corrected chi connectivity index (χ4v) is 2.84. The SMILES string of the molecule is CC(NC(=O)CNC(=O)Cc1ccccc1)c1ccc(NC(=O)C2CC2)cc1. The molecule has 0 bridgehead atoms. The van der Waals surface area contributed by atoms with Gasteiger partial charge in [-0.3, -0.25) is 14.4 Å². The van der Waals surface area contributed by atoms with Gasteiger partial charge in [0.05, 0.1) is 19.0 Å². The van der Waals surface area contributed by atoms with E-state index in [1.54, 1.807) is 0 Å². The topological polar surface area (TPSA) is 87.3 Å². The van der Waals surface area contributed by atoms with Crippen molar-refractivity contribution in [2.24, 2.45) is 5.92 Å². The minimum absolute atomic E-state index is 0.0640. The molecule has 0 spiro atoms. The normalized spacial score (nSPS) is 14.0. The first-order chi connectivity index (χ1) is 13.5. The molecule has 1 saturated carbocycles. The Morgan fingerprint density at radius 1 is 0.964 bits per heavy atom. The van der Waals surface area contributed by atoms with Crippen molar-refractivity contribution in [3.05, 3.63) is 65.7 Å². The average Bonchev–Trinajstić information content (AvgIpc) is 3.53. The standard InChI is InChI=1S/C22H25N3O3/c1-15(17-9-11-19(12-10-17)25-22(28)18-7-8-18)24-21(27)14-23-20(26)13-16-5-3-2-4-6-16/h2-6,9-12,15,18H,7-8,13-14H2,1H3,(H,23,26)(H,24,27)(H,25,28). The van der Waals surface area contributed by atoms with Gasteiger partial charge in [0.25, 0.3) is 0 Å². The molecule has 3 rings (SSSR count). The minimum Gasteiger partial charge on any atom is -0.348 e. The molecule has 2 aromatic rings.